The molecule has 0 saturated carbocycles. The summed E-state index contributed by atoms with van der Waals surface area (Å²) in [6.45, 7) is 8.30. The summed E-state index contributed by atoms with van der Waals surface area (Å²) in [5.41, 5.74) is 2.94. The van der Waals surface area contributed by atoms with Crippen LogP contribution in [0.25, 0.3) is 0 Å². The molecule has 0 saturated heterocycles. The quantitative estimate of drug-likeness (QED) is 0.642. The molecular weight excluding hydrogens is 344 g/mol. The molecule has 3 rings (SSSR count). The number of amides is 2. The Morgan fingerprint density at radius 3 is 2.62 bits per heavy atom. The van der Waals surface area contributed by atoms with Gasteiger partial charge in [-0.25, -0.2) is 0 Å². The molecule has 1 unspecified atom stereocenters. The number of fused-ring (bicyclic) bond motifs is 1. The Hall–Kier alpha value is -2.53. The van der Waals surface area contributed by atoms with E-state index in [9.17, 15) is 9.59 Å². The molecule has 0 radical (unpaired) electrons. The number of aryl methyl sites for hydroxylation is 1. The van der Waals surface area contributed by atoms with Crippen LogP contribution in [0, 0.1) is 6.92 Å². The highest BCUT2D eigenvalue weighted by Gasteiger charge is 2.47. The van der Waals surface area contributed by atoms with E-state index in [0.29, 0.717) is 13.1 Å². The Kier molecular flexibility index (Phi) is 5.18. The zero-order valence-corrected chi connectivity index (χ0v) is 15.8. The van der Waals surface area contributed by atoms with Gasteiger partial charge in [0.15, 0.2) is 4.75 Å². The van der Waals surface area contributed by atoms with Crippen LogP contribution in [0.15, 0.2) is 66.1 Å². The number of carbonyl (C=O) groups excluding carboxylic acids is 2. The molecule has 5 heteroatoms. The Morgan fingerprint density at radius 2 is 1.92 bits per heavy atom. The first-order chi connectivity index (χ1) is 12.4. The number of carbonyl (C=O) groups is 2. The fourth-order valence-electron chi connectivity index (χ4n) is 2.90. The molecule has 2 aromatic rings. The third kappa shape index (κ3) is 3.53. The van der Waals surface area contributed by atoms with Gasteiger partial charge in [0.25, 0.3) is 0 Å². The lowest BCUT2D eigenvalue weighted by Gasteiger charge is -2.36. The highest BCUT2D eigenvalue weighted by atomic mass is 32.2. The number of anilines is 1. The van der Waals surface area contributed by atoms with Gasteiger partial charge in [0.1, 0.15) is 0 Å². The van der Waals surface area contributed by atoms with E-state index in [4.69, 9.17) is 0 Å². The number of hydrogen-bond donors (Lipinski definition) is 1. The number of nitrogens with zero attached hydrogens (tertiary/aromatic N) is 1. The maximum Gasteiger partial charge on any atom is 0.250 e. The average molecular weight is 366 g/mol. The first-order valence-corrected chi connectivity index (χ1v) is 9.31. The summed E-state index contributed by atoms with van der Waals surface area (Å²) in [4.78, 5) is 28.6. The SMILES string of the molecule is C=CCN(Cc1ccc(C)cc1)C(=O)C1(C)Sc2ccccc2NC1=O. The molecule has 1 atom stereocenters. The van der Waals surface area contributed by atoms with E-state index in [0.717, 1.165) is 16.1 Å². The Labute approximate surface area is 158 Å². The molecule has 0 aromatic heterocycles. The molecule has 1 aliphatic heterocycles. The summed E-state index contributed by atoms with van der Waals surface area (Å²) in [5, 5.41) is 2.87. The van der Waals surface area contributed by atoms with Crippen molar-refractivity contribution in [2.24, 2.45) is 0 Å². The van der Waals surface area contributed by atoms with Gasteiger partial charge in [-0.2, -0.15) is 0 Å². The monoisotopic (exact) mass is 366 g/mol. The largest absolute Gasteiger partial charge is 0.333 e. The van der Waals surface area contributed by atoms with E-state index in [1.807, 2.05) is 55.5 Å². The zero-order valence-electron chi connectivity index (χ0n) is 15.0. The third-order valence-corrected chi connectivity index (χ3v) is 5.77. The third-order valence-electron chi connectivity index (χ3n) is 4.42. The number of nitrogens with one attached hydrogen (secondary N) is 1. The maximum atomic E-state index is 13.3. The summed E-state index contributed by atoms with van der Waals surface area (Å²) in [6.07, 6.45) is 1.69. The van der Waals surface area contributed by atoms with Crippen molar-refractivity contribution < 1.29 is 9.59 Å². The molecule has 1 N–H and O–H groups in total. The second-order valence-corrected chi connectivity index (χ2v) is 8.01. The molecule has 0 fully saturated rings. The first kappa shape index (κ1) is 18.3. The van der Waals surface area contributed by atoms with Crippen molar-refractivity contribution >= 4 is 29.3 Å². The van der Waals surface area contributed by atoms with Gasteiger partial charge in [-0.3, -0.25) is 9.59 Å². The molecule has 134 valence electrons. The van der Waals surface area contributed by atoms with E-state index in [2.05, 4.69) is 11.9 Å². The van der Waals surface area contributed by atoms with Gasteiger partial charge in [0.2, 0.25) is 11.8 Å². The van der Waals surface area contributed by atoms with Crippen LogP contribution >= 0.6 is 11.8 Å². The normalized spacial score (nSPS) is 18.6. The van der Waals surface area contributed by atoms with Gasteiger partial charge in [-0.05, 0) is 31.5 Å². The van der Waals surface area contributed by atoms with Gasteiger partial charge in [0, 0.05) is 18.0 Å². The van der Waals surface area contributed by atoms with E-state index in [-0.39, 0.29) is 11.8 Å². The van der Waals surface area contributed by atoms with Gasteiger partial charge in [-0.1, -0.05) is 59.8 Å². The van der Waals surface area contributed by atoms with Crippen LogP contribution in [0.1, 0.15) is 18.1 Å². The fraction of sp³-hybridized carbons (Fsp3) is 0.238. The van der Waals surface area contributed by atoms with Gasteiger partial charge in [-0.15, -0.1) is 6.58 Å². The minimum Gasteiger partial charge on any atom is -0.333 e. The van der Waals surface area contributed by atoms with Crippen LogP contribution in [-0.4, -0.2) is 28.0 Å². The number of rotatable bonds is 5. The number of benzene rings is 2. The molecule has 0 spiro atoms. The highest BCUT2D eigenvalue weighted by Crippen LogP contribution is 2.43. The second-order valence-electron chi connectivity index (χ2n) is 6.55. The standard InChI is InChI=1S/C21H22N2O2S/c1-4-13-23(14-16-11-9-15(2)10-12-16)20(25)21(3)19(24)22-17-7-5-6-8-18(17)26-21/h4-12H,1,13-14H2,2-3H3,(H,22,24). The van der Waals surface area contributed by atoms with Crippen molar-refractivity contribution in [2.45, 2.75) is 30.0 Å². The summed E-state index contributed by atoms with van der Waals surface area (Å²) < 4.78 is -1.21. The van der Waals surface area contributed by atoms with Crippen molar-refractivity contribution in [1.82, 2.24) is 4.90 Å². The van der Waals surface area contributed by atoms with E-state index in [1.54, 1.807) is 17.9 Å². The highest BCUT2D eigenvalue weighted by molar-refractivity contribution is 8.02. The lowest BCUT2D eigenvalue weighted by molar-refractivity contribution is -0.137. The predicted molar refractivity (Wildman–Crippen MR) is 106 cm³/mol. The predicted octanol–water partition coefficient (Wildman–Crippen LogP) is 4.01. The van der Waals surface area contributed by atoms with Crippen molar-refractivity contribution in [2.75, 3.05) is 11.9 Å². The van der Waals surface area contributed by atoms with E-state index >= 15 is 0 Å². The van der Waals surface area contributed by atoms with E-state index in [1.165, 1.54) is 17.3 Å². The van der Waals surface area contributed by atoms with Crippen molar-refractivity contribution in [3.8, 4) is 0 Å². The first-order valence-electron chi connectivity index (χ1n) is 8.49. The molecule has 1 aliphatic rings. The molecule has 0 bridgehead atoms. The van der Waals surface area contributed by atoms with Crippen LogP contribution in [0.4, 0.5) is 5.69 Å². The van der Waals surface area contributed by atoms with Crippen molar-refractivity contribution in [1.29, 1.82) is 0 Å². The summed E-state index contributed by atoms with van der Waals surface area (Å²) in [5.74, 6) is -0.501. The average Bonchev–Trinajstić information content (AvgIpc) is 2.63. The minimum absolute atomic E-state index is 0.213. The minimum atomic E-state index is -1.21. The Balaban J connectivity index is 1.87. The lowest BCUT2D eigenvalue weighted by Crippen LogP contribution is -2.53. The lowest BCUT2D eigenvalue weighted by atomic mass is 10.1. The van der Waals surface area contributed by atoms with Crippen molar-refractivity contribution in [3.63, 3.8) is 0 Å². The summed E-state index contributed by atoms with van der Waals surface area (Å²) in [7, 11) is 0. The molecule has 1 heterocycles. The number of para-hydroxylation sites is 1. The zero-order chi connectivity index (χ0) is 18.7. The molecule has 26 heavy (non-hydrogen) atoms. The van der Waals surface area contributed by atoms with E-state index < -0.39 is 4.75 Å². The Bertz CT molecular complexity index is 847. The maximum absolute atomic E-state index is 13.3. The molecule has 0 aliphatic carbocycles. The molecule has 2 aromatic carbocycles. The smallest absolute Gasteiger partial charge is 0.250 e. The van der Waals surface area contributed by atoms with Gasteiger partial charge in [0.05, 0.1) is 5.69 Å². The van der Waals surface area contributed by atoms with Gasteiger partial charge >= 0.3 is 0 Å². The Morgan fingerprint density at radius 1 is 1.23 bits per heavy atom. The van der Waals surface area contributed by atoms with Crippen LogP contribution in [0.3, 0.4) is 0 Å². The number of hydrogen-bond acceptors (Lipinski definition) is 3. The van der Waals surface area contributed by atoms with Crippen molar-refractivity contribution in [3.05, 3.63) is 72.3 Å². The van der Waals surface area contributed by atoms with Crippen LogP contribution in [0.5, 0.6) is 0 Å². The van der Waals surface area contributed by atoms with Gasteiger partial charge < -0.3 is 10.2 Å². The molecular formula is C21H22N2O2S. The fourth-order valence-corrected chi connectivity index (χ4v) is 4.07. The number of thioether (sulfide) groups is 1. The van der Waals surface area contributed by atoms with Crippen LogP contribution < -0.4 is 5.32 Å². The molecule has 2 amide bonds. The second kappa shape index (κ2) is 7.38. The topological polar surface area (TPSA) is 49.4 Å². The summed E-state index contributed by atoms with van der Waals surface area (Å²) >= 11 is 1.31. The van der Waals surface area contributed by atoms with Crippen LogP contribution in [0.2, 0.25) is 0 Å². The molecule has 4 nitrogen and oxygen atoms in total. The summed E-state index contributed by atoms with van der Waals surface area (Å²) in [6, 6.07) is 15.6. The van der Waals surface area contributed by atoms with Crippen LogP contribution in [-0.2, 0) is 16.1 Å².